The van der Waals surface area contributed by atoms with Crippen LogP contribution in [-0.2, 0) is 14.9 Å². The number of hydrogen-bond donors (Lipinski definition) is 1. The molecule has 0 aromatic heterocycles. The quantitative estimate of drug-likeness (QED) is 0.887. The second-order valence-corrected chi connectivity index (χ2v) is 4.68. The van der Waals surface area contributed by atoms with Crippen molar-refractivity contribution in [2.45, 2.75) is 32.3 Å². The molecule has 0 radical (unpaired) electrons. The number of carbonyl (C=O) groups is 1. The molecule has 0 aliphatic heterocycles. The van der Waals surface area contributed by atoms with E-state index in [1.165, 1.54) is 7.11 Å². The number of rotatable bonds is 4. The van der Waals surface area contributed by atoms with E-state index >= 15 is 0 Å². The smallest absolute Gasteiger partial charge is 0.253 e. The predicted molar refractivity (Wildman–Crippen MR) is 70.2 cm³/mol. The number of nitrogens with zero attached hydrogens (tertiary/aromatic N) is 1. The van der Waals surface area contributed by atoms with Crippen LogP contribution < -0.4 is 5.32 Å². The number of carbonyl (C=O) groups excluding carboxylic acids is 1. The Labute approximate surface area is 108 Å². The summed E-state index contributed by atoms with van der Waals surface area (Å²) >= 11 is 0. The van der Waals surface area contributed by atoms with Crippen LogP contribution in [0.3, 0.4) is 0 Å². The monoisotopic (exact) mass is 246 g/mol. The largest absolute Gasteiger partial charge is 0.372 e. The van der Waals surface area contributed by atoms with E-state index in [1.54, 1.807) is 19.1 Å². The van der Waals surface area contributed by atoms with Crippen molar-refractivity contribution in [1.82, 2.24) is 0 Å². The van der Waals surface area contributed by atoms with Crippen LogP contribution in [0.4, 0.5) is 5.69 Å². The van der Waals surface area contributed by atoms with Crippen LogP contribution in [-0.4, -0.2) is 19.1 Å². The number of hydrogen-bond acceptors (Lipinski definition) is 3. The molecule has 0 heterocycles. The Morgan fingerprint density at radius 2 is 1.94 bits per heavy atom. The molecule has 4 heteroatoms. The highest BCUT2D eigenvalue weighted by Gasteiger charge is 2.19. The number of amides is 1. The summed E-state index contributed by atoms with van der Waals surface area (Å²) in [5.74, 6) is -0.190. The maximum absolute atomic E-state index is 11.6. The third-order valence-corrected chi connectivity index (χ3v) is 2.88. The summed E-state index contributed by atoms with van der Waals surface area (Å²) in [6.45, 7) is 5.39. The lowest BCUT2D eigenvalue weighted by Crippen LogP contribution is -2.26. The standard InChI is InChI=1S/C14H18N2O2/c1-10(18-4)13(17)16-12-7-5-11(6-8-12)14(2,3)9-15/h5-8,10H,1-4H3,(H,16,17). The van der Waals surface area contributed by atoms with Gasteiger partial charge in [-0.2, -0.15) is 5.26 Å². The van der Waals surface area contributed by atoms with Crippen LogP contribution in [0.15, 0.2) is 24.3 Å². The van der Waals surface area contributed by atoms with E-state index in [1.807, 2.05) is 26.0 Å². The molecule has 0 saturated heterocycles. The molecule has 1 aromatic carbocycles. The molecule has 18 heavy (non-hydrogen) atoms. The molecule has 0 aliphatic carbocycles. The second-order valence-electron chi connectivity index (χ2n) is 4.68. The molecule has 0 spiro atoms. The Balaban J connectivity index is 2.79. The zero-order valence-electron chi connectivity index (χ0n) is 11.2. The van der Waals surface area contributed by atoms with Gasteiger partial charge >= 0.3 is 0 Å². The van der Waals surface area contributed by atoms with Gasteiger partial charge in [-0.1, -0.05) is 12.1 Å². The Bertz CT molecular complexity index is 458. The highest BCUT2D eigenvalue weighted by atomic mass is 16.5. The average molecular weight is 246 g/mol. The molecule has 1 unspecified atom stereocenters. The lowest BCUT2D eigenvalue weighted by atomic mass is 9.86. The summed E-state index contributed by atoms with van der Waals surface area (Å²) in [4.78, 5) is 11.6. The molecule has 0 bridgehead atoms. The van der Waals surface area contributed by atoms with Crippen LogP contribution in [0.5, 0.6) is 0 Å². The summed E-state index contributed by atoms with van der Waals surface area (Å²) in [7, 11) is 1.49. The van der Waals surface area contributed by atoms with E-state index in [2.05, 4.69) is 11.4 Å². The maximum atomic E-state index is 11.6. The first-order valence-corrected chi connectivity index (χ1v) is 5.76. The number of nitrogens with one attached hydrogen (secondary N) is 1. The Morgan fingerprint density at radius 1 is 1.39 bits per heavy atom. The van der Waals surface area contributed by atoms with Gasteiger partial charge in [0.25, 0.3) is 5.91 Å². The highest BCUT2D eigenvalue weighted by molar-refractivity contribution is 5.93. The summed E-state index contributed by atoms with van der Waals surface area (Å²) in [5, 5.41) is 11.8. The van der Waals surface area contributed by atoms with Crippen molar-refractivity contribution in [3.63, 3.8) is 0 Å². The number of ether oxygens (including phenoxy) is 1. The summed E-state index contributed by atoms with van der Waals surface area (Å²) in [6, 6.07) is 9.50. The third-order valence-electron chi connectivity index (χ3n) is 2.88. The first-order chi connectivity index (χ1) is 8.40. The van der Waals surface area contributed by atoms with Gasteiger partial charge in [-0.15, -0.1) is 0 Å². The molecular weight excluding hydrogens is 228 g/mol. The lowest BCUT2D eigenvalue weighted by Gasteiger charge is -2.16. The van der Waals surface area contributed by atoms with Gasteiger partial charge in [-0.3, -0.25) is 4.79 Å². The van der Waals surface area contributed by atoms with E-state index in [0.717, 1.165) is 5.56 Å². The Hall–Kier alpha value is -1.86. The van der Waals surface area contributed by atoms with E-state index < -0.39 is 11.5 Å². The molecule has 0 saturated carbocycles. The summed E-state index contributed by atoms with van der Waals surface area (Å²) < 4.78 is 4.92. The van der Waals surface area contributed by atoms with Crippen LogP contribution in [0, 0.1) is 11.3 Å². The van der Waals surface area contributed by atoms with Gasteiger partial charge in [0.2, 0.25) is 0 Å². The van der Waals surface area contributed by atoms with Gasteiger partial charge in [0.15, 0.2) is 0 Å². The lowest BCUT2D eigenvalue weighted by molar-refractivity contribution is -0.124. The van der Waals surface area contributed by atoms with Gasteiger partial charge in [0.05, 0.1) is 11.5 Å². The number of methoxy groups -OCH3 is 1. The zero-order valence-corrected chi connectivity index (χ0v) is 11.2. The number of benzene rings is 1. The molecular formula is C14H18N2O2. The van der Waals surface area contributed by atoms with Gasteiger partial charge in [-0.05, 0) is 38.5 Å². The van der Waals surface area contributed by atoms with Crippen molar-refractivity contribution >= 4 is 11.6 Å². The van der Waals surface area contributed by atoms with Crippen molar-refractivity contribution in [2.24, 2.45) is 0 Å². The van der Waals surface area contributed by atoms with Gasteiger partial charge in [0.1, 0.15) is 6.10 Å². The highest BCUT2D eigenvalue weighted by Crippen LogP contribution is 2.23. The number of nitriles is 1. The summed E-state index contributed by atoms with van der Waals surface area (Å²) in [5.41, 5.74) is 1.09. The molecule has 96 valence electrons. The average Bonchev–Trinajstić information content (AvgIpc) is 2.38. The zero-order chi connectivity index (χ0) is 13.8. The molecule has 1 rings (SSSR count). The molecule has 1 atom stereocenters. The third kappa shape index (κ3) is 3.31. The number of anilines is 1. The van der Waals surface area contributed by atoms with Gasteiger partial charge in [0, 0.05) is 12.8 Å². The SMILES string of the molecule is COC(C)C(=O)Nc1ccc(C(C)(C)C#N)cc1. The van der Waals surface area contributed by atoms with Crippen molar-refractivity contribution in [3.8, 4) is 6.07 Å². The van der Waals surface area contributed by atoms with Crippen molar-refractivity contribution in [2.75, 3.05) is 12.4 Å². The van der Waals surface area contributed by atoms with Crippen molar-refractivity contribution in [1.29, 1.82) is 5.26 Å². The molecule has 0 aliphatic rings. The molecule has 1 amide bonds. The van der Waals surface area contributed by atoms with E-state index in [4.69, 9.17) is 10.00 Å². The minimum absolute atomic E-state index is 0.190. The van der Waals surface area contributed by atoms with Crippen molar-refractivity contribution < 1.29 is 9.53 Å². The molecule has 0 fully saturated rings. The first-order valence-electron chi connectivity index (χ1n) is 5.76. The second kappa shape index (κ2) is 5.65. The molecule has 1 N–H and O–H groups in total. The maximum Gasteiger partial charge on any atom is 0.253 e. The predicted octanol–water partition coefficient (Wildman–Crippen LogP) is 2.46. The fourth-order valence-corrected chi connectivity index (χ4v) is 1.39. The van der Waals surface area contributed by atoms with Crippen LogP contribution in [0.25, 0.3) is 0 Å². The Kier molecular flexibility index (Phi) is 4.46. The minimum Gasteiger partial charge on any atom is -0.372 e. The van der Waals surface area contributed by atoms with E-state index in [0.29, 0.717) is 5.69 Å². The summed E-state index contributed by atoms with van der Waals surface area (Å²) in [6.07, 6.45) is -0.486. The molecule has 1 aromatic rings. The van der Waals surface area contributed by atoms with Crippen LogP contribution in [0.1, 0.15) is 26.3 Å². The Morgan fingerprint density at radius 3 is 2.39 bits per heavy atom. The normalized spacial score (nSPS) is 12.6. The van der Waals surface area contributed by atoms with Gasteiger partial charge in [-0.25, -0.2) is 0 Å². The first kappa shape index (κ1) is 14.2. The topological polar surface area (TPSA) is 62.1 Å². The van der Waals surface area contributed by atoms with Crippen molar-refractivity contribution in [3.05, 3.63) is 29.8 Å². The van der Waals surface area contributed by atoms with Crippen LogP contribution in [0.2, 0.25) is 0 Å². The van der Waals surface area contributed by atoms with Crippen LogP contribution >= 0.6 is 0 Å². The fourth-order valence-electron chi connectivity index (χ4n) is 1.39. The molecule has 4 nitrogen and oxygen atoms in total. The van der Waals surface area contributed by atoms with E-state index in [-0.39, 0.29) is 5.91 Å². The fraction of sp³-hybridized carbons (Fsp3) is 0.429. The minimum atomic E-state index is -0.525. The van der Waals surface area contributed by atoms with Gasteiger partial charge < -0.3 is 10.1 Å². The van der Waals surface area contributed by atoms with E-state index in [9.17, 15) is 4.79 Å².